The zero-order chi connectivity index (χ0) is 18.8. The van der Waals surface area contributed by atoms with Crippen molar-refractivity contribution in [1.82, 2.24) is 10.0 Å². The fraction of sp³-hybridized carbons (Fsp3) is 0.316. The van der Waals surface area contributed by atoms with E-state index in [-0.39, 0.29) is 17.4 Å². The Kier molecular flexibility index (Phi) is 7.62. The van der Waals surface area contributed by atoms with Crippen LogP contribution in [-0.4, -0.2) is 34.0 Å². The first-order valence-corrected chi connectivity index (χ1v) is 10.0. The summed E-state index contributed by atoms with van der Waals surface area (Å²) in [6, 6.07) is 15.9. The van der Waals surface area contributed by atoms with Crippen LogP contribution >= 0.6 is 0 Å². The SMILES string of the molecule is CCCNS(=O)(=O)c1ccc(OCC(=O)NCCc2ccccc2)cc1. The number of nitrogens with one attached hydrogen (secondary N) is 2. The number of carbonyl (C=O) groups is 1. The highest BCUT2D eigenvalue weighted by atomic mass is 32.2. The van der Waals surface area contributed by atoms with Crippen LogP contribution in [0.1, 0.15) is 18.9 Å². The maximum absolute atomic E-state index is 12.0. The summed E-state index contributed by atoms with van der Waals surface area (Å²) in [7, 11) is -3.49. The number of hydrogen-bond donors (Lipinski definition) is 2. The quantitative estimate of drug-likeness (QED) is 0.665. The molecule has 26 heavy (non-hydrogen) atoms. The Morgan fingerprint density at radius 3 is 2.35 bits per heavy atom. The highest BCUT2D eigenvalue weighted by Crippen LogP contribution is 2.15. The summed E-state index contributed by atoms with van der Waals surface area (Å²) in [6.45, 7) is 2.70. The normalized spacial score (nSPS) is 11.1. The molecule has 0 heterocycles. The average molecular weight is 376 g/mol. The van der Waals surface area contributed by atoms with Crippen LogP contribution in [0.2, 0.25) is 0 Å². The van der Waals surface area contributed by atoms with Gasteiger partial charge in [-0.3, -0.25) is 4.79 Å². The molecule has 2 aromatic carbocycles. The monoisotopic (exact) mass is 376 g/mol. The lowest BCUT2D eigenvalue weighted by Gasteiger charge is -2.09. The number of rotatable bonds is 10. The van der Waals surface area contributed by atoms with Gasteiger partial charge < -0.3 is 10.1 Å². The summed E-state index contributed by atoms with van der Waals surface area (Å²) in [6.07, 6.45) is 1.48. The highest BCUT2D eigenvalue weighted by Gasteiger charge is 2.12. The Hall–Kier alpha value is -2.38. The largest absolute Gasteiger partial charge is 0.484 e. The van der Waals surface area contributed by atoms with Crippen molar-refractivity contribution < 1.29 is 17.9 Å². The summed E-state index contributed by atoms with van der Waals surface area (Å²) in [5.41, 5.74) is 1.15. The van der Waals surface area contributed by atoms with E-state index in [4.69, 9.17) is 4.74 Å². The molecule has 0 fully saturated rings. The first-order chi connectivity index (χ1) is 12.5. The average Bonchev–Trinajstić information content (AvgIpc) is 2.66. The molecule has 0 aromatic heterocycles. The molecule has 0 bridgehead atoms. The molecule has 6 nitrogen and oxygen atoms in total. The molecule has 0 atom stereocenters. The van der Waals surface area contributed by atoms with E-state index >= 15 is 0 Å². The van der Waals surface area contributed by atoms with Crippen LogP contribution in [0.4, 0.5) is 0 Å². The third kappa shape index (κ3) is 6.50. The third-order valence-corrected chi connectivity index (χ3v) is 5.10. The van der Waals surface area contributed by atoms with Crippen LogP contribution in [-0.2, 0) is 21.2 Å². The first kappa shape index (κ1) is 19.9. The Balaban J connectivity index is 1.76. The molecular formula is C19H24N2O4S. The van der Waals surface area contributed by atoms with Gasteiger partial charge in [0.1, 0.15) is 5.75 Å². The second-order valence-electron chi connectivity index (χ2n) is 5.74. The number of ether oxygens (including phenoxy) is 1. The predicted octanol–water partition coefficient (Wildman–Crippen LogP) is 2.11. The van der Waals surface area contributed by atoms with Gasteiger partial charge in [0.05, 0.1) is 4.90 Å². The molecule has 0 spiro atoms. The molecule has 1 amide bonds. The minimum absolute atomic E-state index is 0.116. The molecular weight excluding hydrogens is 352 g/mol. The number of carbonyl (C=O) groups excluding carboxylic acids is 1. The minimum atomic E-state index is -3.49. The molecule has 140 valence electrons. The molecule has 0 aliphatic rings. The van der Waals surface area contributed by atoms with Gasteiger partial charge in [-0.1, -0.05) is 37.3 Å². The number of benzene rings is 2. The lowest BCUT2D eigenvalue weighted by molar-refractivity contribution is -0.123. The molecule has 2 N–H and O–H groups in total. The lowest BCUT2D eigenvalue weighted by atomic mass is 10.1. The summed E-state index contributed by atoms with van der Waals surface area (Å²) < 4.78 is 31.9. The van der Waals surface area contributed by atoms with Gasteiger partial charge in [0, 0.05) is 13.1 Å². The molecule has 0 unspecified atom stereocenters. The molecule has 0 saturated heterocycles. The van der Waals surface area contributed by atoms with Crippen LogP contribution < -0.4 is 14.8 Å². The zero-order valence-electron chi connectivity index (χ0n) is 14.8. The molecule has 0 aliphatic carbocycles. The summed E-state index contributed by atoms with van der Waals surface area (Å²) in [5, 5.41) is 2.79. The van der Waals surface area contributed by atoms with Crippen molar-refractivity contribution in [2.45, 2.75) is 24.7 Å². The van der Waals surface area contributed by atoms with Gasteiger partial charge in [-0.15, -0.1) is 0 Å². The molecule has 0 aliphatic heterocycles. The van der Waals surface area contributed by atoms with Gasteiger partial charge in [-0.2, -0.15) is 0 Å². The van der Waals surface area contributed by atoms with Crippen molar-refractivity contribution in [3.05, 3.63) is 60.2 Å². The van der Waals surface area contributed by atoms with Crippen molar-refractivity contribution in [2.24, 2.45) is 0 Å². The van der Waals surface area contributed by atoms with Gasteiger partial charge in [-0.25, -0.2) is 13.1 Å². The van der Waals surface area contributed by atoms with Crippen molar-refractivity contribution >= 4 is 15.9 Å². The zero-order valence-corrected chi connectivity index (χ0v) is 15.6. The maximum Gasteiger partial charge on any atom is 0.257 e. The van der Waals surface area contributed by atoms with Gasteiger partial charge >= 0.3 is 0 Å². The molecule has 0 radical (unpaired) electrons. The minimum Gasteiger partial charge on any atom is -0.484 e. The van der Waals surface area contributed by atoms with Crippen molar-refractivity contribution in [2.75, 3.05) is 19.7 Å². The topological polar surface area (TPSA) is 84.5 Å². The van der Waals surface area contributed by atoms with Crippen molar-refractivity contribution in [3.63, 3.8) is 0 Å². The van der Waals surface area contributed by atoms with Crippen LogP contribution in [0.3, 0.4) is 0 Å². The standard InChI is InChI=1S/C19H24N2O4S/c1-2-13-21-26(23,24)18-10-8-17(9-11-18)25-15-19(22)20-14-12-16-6-4-3-5-7-16/h3-11,21H,2,12-15H2,1H3,(H,20,22). The van der Waals surface area contributed by atoms with E-state index in [0.29, 0.717) is 18.8 Å². The highest BCUT2D eigenvalue weighted by molar-refractivity contribution is 7.89. The van der Waals surface area contributed by atoms with E-state index in [1.165, 1.54) is 24.3 Å². The number of sulfonamides is 1. The van der Waals surface area contributed by atoms with E-state index in [9.17, 15) is 13.2 Å². The number of amides is 1. The molecule has 7 heteroatoms. The van der Waals surface area contributed by atoms with E-state index < -0.39 is 10.0 Å². The Labute approximate surface area is 154 Å². The fourth-order valence-corrected chi connectivity index (χ4v) is 3.36. The summed E-state index contributed by atoms with van der Waals surface area (Å²) >= 11 is 0. The van der Waals surface area contributed by atoms with Gasteiger partial charge in [-0.05, 0) is 42.7 Å². The van der Waals surface area contributed by atoms with Gasteiger partial charge in [0.25, 0.3) is 5.91 Å². The predicted molar refractivity (Wildman–Crippen MR) is 101 cm³/mol. The van der Waals surface area contributed by atoms with E-state index in [0.717, 1.165) is 18.4 Å². The maximum atomic E-state index is 12.0. The Morgan fingerprint density at radius 2 is 1.69 bits per heavy atom. The van der Waals surface area contributed by atoms with Crippen LogP contribution in [0.25, 0.3) is 0 Å². The number of hydrogen-bond acceptors (Lipinski definition) is 4. The Morgan fingerprint density at radius 1 is 1.00 bits per heavy atom. The lowest BCUT2D eigenvalue weighted by Crippen LogP contribution is -2.30. The van der Waals surface area contributed by atoms with Crippen molar-refractivity contribution in [1.29, 1.82) is 0 Å². The van der Waals surface area contributed by atoms with E-state index in [2.05, 4.69) is 10.0 Å². The smallest absolute Gasteiger partial charge is 0.257 e. The second-order valence-corrected chi connectivity index (χ2v) is 7.51. The molecule has 2 rings (SSSR count). The first-order valence-electron chi connectivity index (χ1n) is 8.54. The van der Waals surface area contributed by atoms with E-state index in [1.807, 2.05) is 37.3 Å². The summed E-state index contributed by atoms with van der Waals surface area (Å²) in [4.78, 5) is 12.0. The van der Waals surface area contributed by atoms with Crippen LogP contribution in [0.15, 0.2) is 59.5 Å². The fourth-order valence-electron chi connectivity index (χ4n) is 2.23. The van der Waals surface area contributed by atoms with Gasteiger partial charge in [0.2, 0.25) is 10.0 Å². The third-order valence-electron chi connectivity index (χ3n) is 3.62. The van der Waals surface area contributed by atoms with Gasteiger partial charge in [0.15, 0.2) is 6.61 Å². The van der Waals surface area contributed by atoms with Crippen LogP contribution in [0.5, 0.6) is 5.75 Å². The molecule has 2 aromatic rings. The molecule has 0 saturated carbocycles. The second kappa shape index (κ2) is 9.94. The van der Waals surface area contributed by atoms with Crippen LogP contribution in [0, 0.1) is 0 Å². The Bertz CT molecular complexity index is 790. The van der Waals surface area contributed by atoms with Crippen molar-refractivity contribution in [3.8, 4) is 5.75 Å². The summed E-state index contributed by atoms with van der Waals surface area (Å²) in [5.74, 6) is 0.222. The van der Waals surface area contributed by atoms with E-state index in [1.54, 1.807) is 0 Å².